The molecule has 0 bridgehead atoms. The van der Waals surface area contributed by atoms with Crippen molar-refractivity contribution in [2.75, 3.05) is 0 Å². The van der Waals surface area contributed by atoms with Gasteiger partial charge < -0.3 is 8.83 Å². The van der Waals surface area contributed by atoms with E-state index in [9.17, 15) is 8.42 Å². The van der Waals surface area contributed by atoms with Gasteiger partial charge >= 0.3 is 0 Å². The Morgan fingerprint density at radius 2 is 2.12 bits per heavy atom. The van der Waals surface area contributed by atoms with E-state index in [-0.39, 0.29) is 16.5 Å². The molecule has 0 radical (unpaired) electrons. The molecule has 0 fully saturated rings. The average molecular weight is 241 g/mol. The molecule has 6 heteroatoms. The van der Waals surface area contributed by atoms with Crippen LogP contribution in [-0.2, 0) is 15.6 Å². The molecule has 0 aliphatic carbocycles. The first-order valence-electron chi connectivity index (χ1n) is 4.67. The van der Waals surface area contributed by atoms with E-state index in [4.69, 9.17) is 8.83 Å². The molecule has 2 aromatic rings. The average Bonchev–Trinajstić information content (AvgIpc) is 2.74. The molecule has 0 spiro atoms. The Balaban J connectivity index is 2.31. The van der Waals surface area contributed by atoms with Crippen LogP contribution in [0.4, 0.5) is 0 Å². The molecular formula is C10H11NO4S. The van der Waals surface area contributed by atoms with Gasteiger partial charge in [-0.05, 0) is 19.9 Å². The lowest BCUT2D eigenvalue weighted by Crippen LogP contribution is -2.05. The number of hydrogen-bond acceptors (Lipinski definition) is 5. The van der Waals surface area contributed by atoms with Crippen molar-refractivity contribution in [1.82, 2.24) is 4.98 Å². The van der Waals surface area contributed by atoms with Crippen molar-refractivity contribution in [3.8, 4) is 0 Å². The van der Waals surface area contributed by atoms with Gasteiger partial charge in [0.15, 0.2) is 9.84 Å². The summed E-state index contributed by atoms with van der Waals surface area (Å²) in [6, 6.07) is 1.43. The van der Waals surface area contributed by atoms with Crippen LogP contribution in [0, 0.1) is 13.8 Å². The van der Waals surface area contributed by atoms with Gasteiger partial charge in [-0.25, -0.2) is 13.4 Å². The fourth-order valence-corrected chi connectivity index (χ4v) is 2.77. The van der Waals surface area contributed by atoms with Gasteiger partial charge in [-0.15, -0.1) is 0 Å². The molecule has 16 heavy (non-hydrogen) atoms. The van der Waals surface area contributed by atoms with Gasteiger partial charge in [0, 0.05) is 0 Å². The van der Waals surface area contributed by atoms with Gasteiger partial charge in [-0.3, -0.25) is 0 Å². The van der Waals surface area contributed by atoms with Gasteiger partial charge in [0.05, 0.1) is 12.5 Å². The van der Waals surface area contributed by atoms with Crippen molar-refractivity contribution in [3.63, 3.8) is 0 Å². The van der Waals surface area contributed by atoms with Crippen LogP contribution < -0.4 is 0 Å². The summed E-state index contributed by atoms with van der Waals surface area (Å²) in [5.41, 5.74) is 0. The Morgan fingerprint density at radius 1 is 1.38 bits per heavy atom. The monoisotopic (exact) mass is 241 g/mol. The summed E-state index contributed by atoms with van der Waals surface area (Å²) in [7, 11) is -3.44. The highest BCUT2D eigenvalue weighted by atomic mass is 32.2. The van der Waals surface area contributed by atoms with Gasteiger partial charge in [0.25, 0.3) is 0 Å². The second kappa shape index (κ2) is 3.79. The van der Waals surface area contributed by atoms with Crippen LogP contribution >= 0.6 is 0 Å². The molecule has 2 aromatic heterocycles. The SMILES string of the molecule is Cc1cnc(CS(=O)(=O)c2ccoc2C)o1. The number of oxazole rings is 1. The fourth-order valence-electron chi connectivity index (χ4n) is 1.40. The second-order valence-electron chi connectivity index (χ2n) is 3.46. The number of hydrogen-bond donors (Lipinski definition) is 0. The summed E-state index contributed by atoms with van der Waals surface area (Å²) in [5.74, 6) is 0.914. The van der Waals surface area contributed by atoms with E-state index in [2.05, 4.69) is 4.98 Å². The van der Waals surface area contributed by atoms with Crippen LogP contribution in [0.3, 0.4) is 0 Å². The van der Waals surface area contributed by atoms with Crippen molar-refractivity contribution < 1.29 is 17.3 Å². The van der Waals surface area contributed by atoms with E-state index in [0.29, 0.717) is 11.5 Å². The van der Waals surface area contributed by atoms with Crippen molar-refractivity contribution in [1.29, 1.82) is 0 Å². The summed E-state index contributed by atoms with van der Waals surface area (Å²) >= 11 is 0. The first-order valence-corrected chi connectivity index (χ1v) is 6.32. The van der Waals surface area contributed by atoms with Crippen molar-refractivity contribution in [3.05, 3.63) is 35.9 Å². The van der Waals surface area contributed by atoms with E-state index < -0.39 is 9.84 Å². The van der Waals surface area contributed by atoms with Crippen LogP contribution in [0.25, 0.3) is 0 Å². The smallest absolute Gasteiger partial charge is 0.209 e. The predicted molar refractivity (Wildman–Crippen MR) is 55.6 cm³/mol. The van der Waals surface area contributed by atoms with E-state index in [1.54, 1.807) is 13.8 Å². The fraction of sp³-hybridized carbons (Fsp3) is 0.300. The lowest BCUT2D eigenvalue weighted by molar-refractivity contribution is 0.483. The molecule has 5 nitrogen and oxygen atoms in total. The van der Waals surface area contributed by atoms with Crippen molar-refractivity contribution in [2.24, 2.45) is 0 Å². The lowest BCUT2D eigenvalue weighted by Gasteiger charge is -1.99. The molecule has 0 unspecified atom stereocenters. The van der Waals surface area contributed by atoms with E-state index in [0.717, 1.165) is 0 Å². The highest BCUT2D eigenvalue weighted by molar-refractivity contribution is 7.90. The van der Waals surface area contributed by atoms with Crippen LogP contribution in [0.15, 0.2) is 32.3 Å². The molecule has 0 aromatic carbocycles. The summed E-state index contributed by atoms with van der Waals surface area (Å²) < 4.78 is 34.0. The van der Waals surface area contributed by atoms with E-state index >= 15 is 0 Å². The Kier molecular flexibility index (Phi) is 2.59. The highest BCUT2D eigenvalue weighted by Gasteiger charge is 2.22. The van der Waals surface area contributed by atoms with Crippen LogP contribution in [0.1, 0.15) is 17.4 Å². The Labute approximate surface area is 93.0 Å². The highest BCUT2D eigenvalue weighted by Crippen LogP contribution is 2.20. The predicted octanol–water partition coefficient (Wildman–Crippen LogP) is 1.86. The molecule has 0 aliphatic rings. The van der Waals surface area contributed by atoms with Crippen LogP contribution in [-0.4, -0.2) is 13.4 Å². The Bertz CT molecular complexity index is 594. The summed E-state index contributed by atoms with van der Waals surface area (Å²) in [4.78, 5) is 4.05. The third kappa shape index (κ3) is 2.01. The summed E-state index contributed by atoms with van der Waals surface area (Å²) in [6.07, 6.45) is 2.84. The molecule has 2 heterocycles. The Morgan fingerprint density at radius 3 is 2.62 bits per heavy atom. The molecule has 0 atom stereocenters. The summed E-state index contributed by atoms with van der Waals surface area (Å²) in [5, 5.41) is 0. The van der Waals surface area contributed by atoms with E-state index in [1.165, 1.54) is 18.5 Å². The zero-order valence-electron chi connectivity index (χ0n) is 8.93. The number of furan rings is 1. The zero-order chi connectivity index (χ0) is 11.8. The first kappa shape index (κ1) is 10.9. The first-order chi connectivity index (χ1) is 7.49. The Hall–Kier alpha value is -1.56. The molecule has 0 N–H and O–H groups in total. The molecular weight excluding hydrogens is 230 g/mol. The van der Waals surface area contributed by atoms with Crippen molar-refractivity contribution >= 4 is 9.84 Å². The maximum atomic E-state index is 11.9. The molecule has 86 valence electrons. The number of aromatic nitrogens is 1. The van der Waals surface area contributed by atoms with Gasteiger partial charge in [0.1, 0.15) is 22.2 Å². The second-order valence-corrected chi connectivity index (χ2v) is 5.42. The standard InChI is InChI=1S/C10H11NO4S/c1-7-5-11-10(15-7)6-16(12,13)9-3-4-14-8(9)2/h3-5H,6H2,1-2H3. The molecule has 2 rings (SSSR count). The van der Waals surface area contributed by atoms with Gasteiger partial charge in [-0.1, -0.05) is 0 Å². The van der Waals surface area contributed by atoms with Crippen LogP contribution in [0.2, 0.25) is 0 Å². The molecule has 0 aliphatic heterocycles. The maximum Gasteiger partial charge on any atom is 0.209 e. The van der Waals surface area contributed by atoms with Crippen molar-refractivity contribution in [2.45, 2.75) is 24.5 Å². The number of aryl methyl sites for hydroxylation is 2. The third-order valence-corrected chi connectivity index (χ3v) is 3.85. The van der Waals surface area contributed by atoms with Gasteiger partial charge in [0.2, 0.25) is 5.89 Å². The minimum atomic E-state index is -3.44. The zero-order valence-corrected chi connectivity index (χ0v) is 9.74. The third-order valence-electron chi connectivity index (χ3n) is 2.13. The van der Waals surface area contributed by atoms with Gasteiger partial charge in [-0.2, -0.15) is 0 Å². The lowest BCUT2D eigenvalue weighted by atomic mass is 10.5. The minimum Gasteiger partial charge on any atom is -0.468 e. The normalized spacial score (nSPS) is 11.9. The largest absolute Gasteiger partial charge is 0.468 e. The number of nitrogens with zero attached hydrogens (tertiary/aromatic N) is 1. The van der Waals surface area contributed by atoms with Crippen LogP contribution in [0.5, 0.6) is 0 Å². The molecule has 0 saturated heterocycles. The maximum absolute atomic E-state index is 11.9. The summed E-state index contributed by atoms with van der Waals surface area (Å²) in [6.45, 7) is 3.32. The molecule has 0 saturated carbocycles. The van der Waals surface area contributed by atoms with E-state index in [1.807, 2.05) is 0 Å². The number of sulfone groups is 1. The topological polar surface area (TPSA) is 73.3 Å². The number of rotatable bonds is 3. The minimum absolute atomic E-state index is 0.184. The molecule has 0 amide bonds. The quantitative estimate of drug-likeness (QED) is 0.820.